The van der Waals surface area contributed by atoms with Gasteiger partial charge in [0.15, 0.2) is 0 Å². The predicted molar refractivity (Wildman–Crippen MR) is 94.8 cm³/mol. The van der Waals surface area contributed by atoms with Gasteiger partial charge in [0.2, 0.25) is 5.91 Å². The molecule has 0 saturated heterocycles. The van der Waals surface area contributed by atoms with E-state index in [0.29, 0.717) is 23.6 Å². The van der Waals surface area contributed by atoms with Gasteiger partial charge >= 0.3 is 0 Å². The van der Waals surface area contributed by atoms with E-state index >= 15 is 0 Å². The molecule has 132 valence electrons. The van der Waals surface area contributed by atoms with Crippen LogP contribution in [0.25, 0.3) is 0 Å². The zero-order valence-corrected chi connectivity index (χ0v) is 15.0. The lowest BCUT2D eigenvalue weighted by molar-refractivity contribution is -0.117. The first kappa shape index (κ1) is 17.2. The number of carbonyl (C=O) groups excluding carboxylic acids is 2. The molecule has 0 aliphatic carbocycles. The average molecular weight is 341 g/mol. The van der Waals surface area contributed by atoms with Gasteiger partial charge in [0, 0.05) is 17.6 Å². The largest absolute Gasteiger partial charge is 0.361 e. The Morgan fingerprint density at radius 1 is 1.28 bits per heavy atom. The van der Waals surface area contributed by atoms with Crippen molar-refractivity contribution in [3.63, 3.8) is 0 Å². The molecule has 2 aromatic rings. The highest BCUT2D eigenvalue weighted by atomic mass is 16.5. The molecule has 0 saturated carbocycles. The van der Waals surface area contributed by atoms with E-state index in [1.807, 2.05) is 45.0 Å². The highest BCUT2D eigenvalue weighted by Gasteiger charge is 2.30. The zero-order chi connectivity index (χ0) is 18.2. The molecule has 0 bridgehead atoms. The van der Waals surface area contributed by atoms with Crippen molar-refractivity contribution in [3.05, 3.63) is 46.8 Å². The quantitative estimate of drug-likeness (QED) is 0.931. The fourth-order valence-electron chi connectivity index (χ4n) is 3.09. The molecule has 0 spiro atoms. The molecule has 3 rings (SSSR count). The van der Waals surface area contributed by atoms with Crippen LogP contribution in [0.1, 0.15) is 48.1 Å². The van der Waals surface area contributed by atoms with Crippen molar-refractivity contribution in [1.29, 1.82) is 0 Å². The van der Waals surface area contributed by atoms with Crippen LogP contribution in [-0.2, 0) is 16.6 Å². The van der Waals surface area contributed by atoms with Gasteiger partial charge in [-0.2, -0.15) is 0 Å². The van der Waals surface area contributed by atoms with E-state index in [-0.39, 0.29) is 23.8 Å². The topological polar surface area (TPSA) is 75.4 Å². The number of para-hydroxylation sites is 1. The van der Waals surface area contributed by atoms with Crippen molar-refractivity contribution in [3.8, 4) is 0 Å². The van der Waals surface area contributed by atoms with E-state index in [9.17, 15) is 9.59 Å². The number of rotatable bonds is 3. The Morgan fingerprint density at radius 2 is 2.00 bits per heavy atom. The number of aryl methyl sites for hydroxylation is 1. The Morgan fingerprint density at radius 3 is 2.72 bits per heavy atom. The van der Waals surface area contributed by atoms with E-state index in [2.05, 4.69) is 10.5 Å². The smallest absolute Gasteiger partial charge is 0.257 e. The molecular formula is C19H23N3O3. The molecular weight excluding hydrogens is 318 g/mol. The fraction of sp³-hybridized carbons (Fsp3) is 0.421. The van der Waals surface area contributed by atoms with Crippen LogP contribution >= 0.6 is 0 Å². The van der Waals surface area contributed by atoms with Gasteiger partial charge in [0.05, 0.1) is 6.54 Å². The van der Waals surface area contributed by atoms with Gasteiger partial charge in [-0.25, -0.2) is 0 Å². The maximum atomic E-state index is 12.6. The van der Waals surface area contributed by atoms with Crippen LogP contribution in [0.3, 0.4) is 0 Å². The number of benzene rings is 1. The maximum absolute atomic E-state index is 12.6. The Labute approximate surface area is 147 Å². The van der Waals surface area contributed by atoms with Gasteiger partial charge in [-0.1, -0.05) is 44.1 Å². The fourth-order valence-corrected chi connectivity index (χ4v) is 3.09. The van der Waals surface area contributed by atoms with Gasteiger partial charge < -0.3 is 14.7 Å². The van der Waals surface area contributed by atoms with Crippen LogP contribution < -0.4 is 10.2 Å². The molecule has 0 atom stereocenters. The summed E-state index contributed by atoms with van der Waals surface area (Å²) in [4.78, 5) is 26.8. The molecule has 1 aromatic carbocycles. The summed E-state index contributed by atoms with van der Waals surface area (Å²) in [5.41, 5.74) is 2.79. The lowest BCUT2D eigenvalue weighted by atomic mass is 9.88. The molecule has 1 aliphatic rings. The van der Waals surface area contributed by atoms with Gasteiger partial charge in [-0.3, -0.25) is 9.59 Å². The highest BCUT2D eigenvalue weighted by molar-refractivity contribution is 6.02. The summed E-state index contributed by atoms with van der Waals surface area (Å²) in [5.74, 6) is 0.00983. The lowest BCUT2D eigenvalue weighted by Gasteiger charge is -2.19. The minimum atomic E-state index is -0.329. The number of nitrogens with one attached hydrogen (secondary N) is 1. The molecule has 0 fully saturated rings. The first-order chi connectivity index (χ1) is 11.8. The first-order valence-corrected chi connectivity index (χ1v) is 8.42. The molecule has 2 amide bonds. The number of hydrogen-bond donors (Lipinski definition) is 1. The van der Waals surface area contributed by atoms with E-state index in [0.717, 1.165) is 17.7 Å². The summed E-state index contributed by atoms with van der Waals surface area (Å²) < 4.78 is 5.19. The Bertz CT molecular complexity index is 818. The van der Waals surface area contributed by atoms with Gasteiger partial charge in [-0.05, 0) is 25.0 Å². The second-order valence-electron chi connectivity index (χ2n) is 7.32. The molecule has 1 N–H and O–H groups in total. The van der Waals surface area contributed by atoms with Crippen molar-refractivity contribution in [2.45, 2.75) is 39.5 Å². The summed E-state index contributed by atoms with van der Waals surface area (Å²) >= 11 is 0. The summed E-state index contributed by atoms with van der Waals surface area (Å²) in [6.45, 7) is 8.19. The van der Waals surface area contributed by atoms with Crippen molar-refractivity contribution < 1.29 is 14.1 Å². The molecule has 6 heteroatoms. The average Bonchev–Trinajstić information content (AvgIpc) is 3.15. The second-order valence-corrected chi connectivity index (χ2v) is 7.32. The predicted octanol–water partition coefficient (Wildman–Crippen LogP) is 2.60. The molecule has 1 aromatic heterocycles. The van der Waals surface area contributed by atoms with Crippen LogP contribution in [0.15, 0.2) is 28.8 Å². The van der Waals surface area contributed by atoms with Crippen LogP contribution in [0, 0.1) is 6.92 Å². The molecule has 25 heavy (non-hydrogen) atoms. The minimum Gasteiger partial charge on any atom is -0.361 e. The lowest BCUT2D eigenvalue weighted by Crippen LogP contribution is -2.40. The number of aromatic nitrogens is 1. The van der Waals surface area contributed by atoms with Crippen molar-refractivity contribution >= 4 is 17.5 Å². The summed E-state index contributed by atoms with van der Waals surface area (Å²) in [6.07, 6.45) is 0.842. The third-order valence-corrected chi connectivity index (χ3v) is 4.39. The molecule has 2 heterocycles. The van der Waals surface area contributed by atoms with Crippen LogP contribution in [0.4, 0.5) is 5.69 Å². The SMILES string of the molecule is Cc1onc(C(C)(C)C)c1C(=O)NCC(=O)N1CCc2ccccc21. The van der Waals surface area contributed by atoms with Crippen LogP contribution in [-0.4, -0.2) is 30.1 Å². The van der Waals surface area contributed by atoms with E-state index < -0.39 is 0 Å². The number of amides is 2. The summed E-state index contributed by atoms with van der Waals surface area (Å²) in [5, 5.41) is 6.73. The third kappa shape index (κ3) is 3.29. The number of nitrogens with zero attached hydrogens (tertiary/aromatic N) is 2. The van der Waals surface area contributed by atoms with E-state index in [1.165, 1.54) is 0 Å². The Hall–Kier alpha value is -2.63. The summed E-state index contributed by atoms with van der Waals surface area (Å²) in [6, 6.07) is 7.84. The highest BCUT2D eigenvalue weighted by Crippen LogP contribution is 2.28. The van der Waals surface area contributed by atoms with E-state index in [4.69, 9.17) is 4.52 Å². The van der Waals surface area contributed by atoms with Gasteiger partial charge in [0.25, 0.3) is 5.91 Å². The standard InChI is InChI=1S/C19H23N3O3/c1-12-16(17(21-25-12)19(2,3)4)18(24)20-11-15(23)22-10-9-13-7-5-6-8-14(13)22/h5-8H,9-11H2,1-4H3,(H,20,24). The van der Waals surface area contributed by atoms with Gasteiger partial charge in [0.1, 0.15) is 17.0 Å². The van der Waals surface area contributed by atoms with Gasteiger partial charge in [-0.15, -0.1) is 0 Å². The monoisotopic (exact) mass is 341 g/mol. The second kappa shape index (κ2) is 6.35. The zero-order valence-electron chi connectivity index (χ0n) is 15.0. The number of carbonyl (C=O) groups is 2. The Kier molecular flexibility index (Phi) is 4.37. The first-order valence-electron chi connectivity index (χ1n) is 8.42. The maximum Gasteiger partial charge on any atom is 0.257 e. The number of fused-ring (bicyclic) bond motifs is 1. The van der Waals surface area contributed by atoms with Crippen LogP contribution in [0.5, 0.6) is 0 Å². The summed E-state index contributed by atoms with van der Waals surface area (Å²) in [7, 11) is 0. The van der Waals surface area contributed by atoms with Crippen molar-refractivity contribution in [2.24, 2.45) is 0 Å². The Balaban J connectivity index is 1.70. The minimum absolute atomic E-state index is 0.0542. The van der Waals surface area contributed by atoms with Crippen molar-refractivity contribution in [1.82, 2.24) is 10.5 Å². The number of anilines is 1. The number of hydrogen-bond acceptors (Lipinski definition) is 4. The van der Waals surface area contributed by atoms with Crippen molar-refractivity contribution in [2.75, 3.05) is 18.0 Å². The molecule has 0 unspecified atom stereocenters. The molecule has 6 nitrogen and oxygen atoms in total. The molecule has 1 aliphatic heterocycles. The molecule has 0 radical (unpaired) electrons. The third-order valence-electron chi connectivity index (χ3n) is 4.39. The van der Waals surface area contributed by atoms with E-state index in [1.54, 1.807) is 11.8 Å². The normalized spacial score (nSPS) is 13.7. The van der Waals surface area contributed by atoms with Crippen LogP contribution in [0.2, 0.25) is 0 Å².